The number of nitrogens with zero attached hydrogens (tertiary/aromatic N) is 4. The Balaban J connectivity index is 1.55. The summed E-state index contributed by atoms with van der Waals surface area (Å²) in [5, 5.41) is 5.27. The Morgan fingerprint density at radius 2 is 2.22 bits per heavy atom. The van der Waals surface area contributed by atoms with E-state index in [2.05, 4.69) is 21.2 Å². The van der Waals surface area contributed by atoms with Crippen LogP contribution in [-0.4, -0.2) is 27.9 Å². The summed E-state index contributed by atoms with van der Waals surface area (Å²) in [7, 11) is 1.95. The standard InChI is InChI=1S/C18H19FN4/c1-22-11-14(10-21-22)8-13-5-7-23(12-13)18-4-6-20-17-9-15(19)2-3-16(17)18/h2-4,6,9-11,13H,5,7-8,12H2,1H3. The van der Waals surface area contributed by atoms with Crippen molar-refractivity contribution < 1.29 is 4.39 Å². The van der Waals surface area contributed by atoms with Gasteiger partial charge in [-0.2, -0.15) is 5.10 Å². The number of anilines is 1. The Labute approximate surface area is 134 Å². The summed E-state index contributed by atoms with van der Waals surface area (Å²) in [5.41, 5.74) is 3.17. The molecule has 4 rings (SSSR count). The largest absolute Gasteiger partial charge is 0.371 e. The van der Waals surface area contributed by atoms with Gasteiger partial charge in [0.2, 0.25) is 0 Å². The lowest BCUT2D eigenvalue weighted by atomic mass is 10.0. The number of fused-ring (bicyclic) bond motifs is 1. The van der Waals surface area contributed by atoms with E-state index in [1.54, 1.807) is 6.20 Å². The lowest BCUT2D eigenvalue weighted by molar-refractivity contribution is 0.586. The Morgan fingerprint density at radius 1 is 1.30 bits per heavy atom. The molecule has 1 saturated heterocycles. The first-order chi connectivity index (χ1) is 11.2. The van der Waals surface area contributed by atoms with Crippen LogP contribution in [0.1, 0.15) is 12.0 Å². The van der Waals surface area contributed by atoms with E-state index in [1.165, 1.54) is 24.1 Å². The second kappa shape index (κ2) is 5.65. The fourth-order valence-electron chi connectivity index (χ4n) is 3.51. The minimum Gasteiger partial charge on any atom is -0.371 e. The van der Waals surface area contributed by atoms with E-state index in [4.69, 9.17) is 0 Å². The van der Waals surface area contributed by atoms with Crippen molar-refractivity contribution in [1.29, 1.82) is 0 Å². The fourth-order valence-corrected chi connectivity index (χ4v) is 3.51. The zero-order chi connectivity index (χ0) is 15.8. The molecule has 2 aromatic heterocycles. The van der Waals surface area contributed by atoms with Gasteiger partial charge in [-0.25, -0.2) is 4.39 Å². The molecule has 0 aliphatic carbocycles. The monoisotopic (exact) mass is 310 g/mol. The Morgan fingerprint density at radius 3 is 3.04 bits per heavy atom. The summed E-state index contributed by atoms with van der Waals surface area (Å²) < 4.78 is 15.2. The number of hydrogen-bond donors (Lipinski definition) is 0. The first kappa shape index (κ1) is 14.2. The van der Waals surface area contributed by atoms with Crippen molar-refractivity contribution >= 4 is 16.6 Å². The third kappa shape index (κ3) is 2.79. The lowest BCUT2D eigenvalue weighted by Crippen LogP contribution is -2.20. The first-order valence-electron chi connectivity index (χ1n) is 7.96. The van der Waals surface area contributed by atoms with Gasteiger partial charge < -0.3 is 4.90 Å². The van der Waals surface area contributed by atoms with Crippen LogP contribution in [0.4, 0.5) is 10.1 Å². The van der Waals surface area contributed by atoms with E-state index in [0.29, 0.717) is 5.92 Å². The SMILES string of the molecule is Cn1cc(CC2CCN(c3ccnc4cc(F)ccc34)C2)cn1. The first-order valence-corrected chi connectivity index (χ1v) is 7.96. The van der Waals surface area contributed by atoms with Crippen LogP contribution in [0.5, 0.6) is 0 Å². The van der Waals surface area contributed by atoms with Gasteiger partial charge in [-0.3, -0.25) is 9.67 Å². The van der Waals surface area contributed by atoms with Crippen molar-refractivity contribution in [3.05, 3.63) is 54.2 Å². The molecule has 0 spiro atoms. The van der Waals surface area contributed by atoms with Crippen LogP contribution < -0.4 is 4.90 Å². The number of halogens is 1. The third-order valence-corrected chi connectivity index (χ3v) is 4.59. The van der Waals surface area contributed by atoms with Crippen LogP contribution in [0.2, 0.25) is 0 Å². The summed E-state index contributed by atoms with van der Waals surface area (Å²) in [6.07, 6.45) is 8.04. The molecule has 5 heteroatoms. The molecular formula is C18H19FN4. The lowest BCUT2D eigenvalue weighted by Gasteiger charge is -2.20. The minimum absolute atomic E-state index is 0.238. The van der Waals surface area contributed by atoms with Gasteiger partial charge in [0.15, 0.2) is 0 Å². The number of rotatable bonds is 3. The zero-order valence-corrected chi connectivity index (χ0v) is 13.1. The molecule has 3 aromatic rings. The van der Waals surface area contributed by atoms with Crippen LogP contribution in [0, 0.1) is 11.7 Å². The number of pyridine rings is 1. The van der Waals surface area contributed by atoms with Crippen LogP contribution in [0.3, 0.4) is 0 Å². The van der Waals surface area contributed by atoms with E-state index in [-0.39, 0.29) is 5.82 Å². The Bertz CT molecular complexity index is 842. The van der Waals surface area contributed by atoms with Gasteiger partial charge in [-0.1, -0.05) is 0 Å². The highest BCUT2D eigenvalue weighted by Crippen LogP contribution is 2.31. The quantitative estimate of drug-likeness (QED) is 0.745. The van der Waals surface area contributed by atoms with E-state index >= 15 is 0 Å². The summed E-state index contributed by atoms with van der Waals surface area (Å²) >= 11 is 0. The van der Waals surface area contributed by atoms with E-state index in [9.17, 15) is 4.39 Å². The van der Waals surface area contributed by atoms with Crippen LogP contribution in [0.15, 0.2) is 42.9 Å². The molecule has 1 unspecified atom stereocenters. The number of hydrogen-bond acceptors (Lipinski definition) is 3. The third-order valence-electron chi connectivity index (χ3n) is 4.59. The molecule has 0 N–H and O–H groups in total. The number of aromatic nitrogens is 3. The number of benzene rings is 1. The molecule has 4 nitrogen and oxygen atoms in total. The van der Waals surface area contributed by atoms with Gasteiger partial charge in [0.1, 0.15) is 5.82 Å². The molecule has 1 fully saturated rings. The summed E-state index contributed by atoms with van der Waals surface area (Å²) in [4.78, 5) is 6.68. The van der Waals surface area contributed by atoms with Gasteiger partial charge in [0.25, 0.3) is 0 Å². The molecule has 0 saturated carbocycles. The molecule has 0 bridgehead atoms. The maximum atomic E-state index is 13.4. The smallest absolute Gasteiger partial charge is 0.125 e. The normalized spacial score (nSPS) is 18.0. The molecule has 1 atom stereocenters. The molecule has 1 aliphatic rings. The molecule has 0 radical (unpaired) electrons. The van der Waals surface area contributed by atoms with Gasteiger partial charge >= 0.3 is 0 Å². The minimum atomic E-state index is -0.238. The predicted molar refractivity (Wildman–Crippen MR) is 88.9 cm³/mol. The molecule has 1 aliphatic heterocycles. The van der Waals surface area contributed by atoms with E-state index in [0.717, 1.165) is 36.1 Å². The topological polar surface area (TPSA) is 34.0 Å². The average Bonchev–Trinajstić information content (AvgIpc) is 3.16. The van der Waals surface area contributed by atoms with Gasteiger partial charge in [0, 0.05) is 49.7 Å². The molecule has 118 valence electrons. The summed E-state index contributed by atoms with van der Waals surface area (Å²) in [5.74, 6) is 0.390. The molecule has 23 heavy (non-hydrogen) atoms. The van der Waals surface area contributed by atoms with Crippen molar-refractivity contribution in [2.24, 2.45) is 13.0 Å². The highest BCUT2D eigenvalue weighted by atomic mass is 19.1. The highest BCUT2D eigenvalue weighted by Gasteiger charge is 2.24. The Hall–Kier alpha value is -2.43. The average molecular weight is 310 g/mol. The van der Waals surface area contributed by atoms with E-state index < -0.39 is 0 Å². The predicted octanol–water partition coefficient (Wildman–Crippen LogP) is 3.18. The van der Waals surface area contributed by atoms with Crippen molar-refractivity contribution in [1.82, 2.24) is 14.8 Å². The van der Waals surface area contributed by atoms with Gasteiger partial charge in [-0.15, -0.1) is 0 Å². The molecule has 3 heterocycles. The van der Waals surface area contributed by atoms with Crippen LogP contribution in [-0.2, 0) is 13.5 Å². The molecule has 0 amide bonds. The second-order valence-electron chi connectivity index (χ2n) is 6.32. The van der Waals surface area contributed by atoms with Crippen molar-refractivity contribution in [3.8, 4) is 0 Å². The van der Waals surface area contributed by atoms with Crippen molar-refractivity contribution in [3.63, 3.8) is 0 Å². The number of aryl methyl sites for hydroxylation is 1. The van der Waals surface area contributed by atoms with Crippen molar-refractivity contribution in [2.45, 2.75) is 12.8 Å². The van der Waals surface area contributed by atoms with Crippen LogP contribution >= 0.6 is 0 Å². The highest BCUT2D eigenvalue weighted by molar-refractivity contribution is 5.91. The van der Waals surface area contributed by atoms with Crippen LogP contribution in [0.25, 0.3) is 10.9 Å². The fraction of sp³-hybridized carbons (Fsp3) is 0.333. The van der Waals surface area contributed by atoms with Crippen molar-refractivity contribution in [2.75, 3.05) is 18.0 Å². The summed E-state index contributed by atoms with van der Waals surface area (Å²) in [6, 6.07) is 6.88. The molecular weight excluding hydrogens is 291 g/mol. The maximum Gasteiger partial charge on any atom is 0.125 e. The Kier molecular flexibility index (Phi) is 3.48. The van der Waals surface area contributed by atoms with E-state index in [1.807, 2.05) is 30.1 Å². The second-order valence-corrected chi connectivity index (χ2v) is 6.32. The maximum absolute atomic E-state index is 13.4. The zero-order valence-electron chi connectivity index (χ0n) is 13.1. The van der Waals surface area contributed by atoms with Gasteiger partial charge in [-0.05, 0) is 42.5 Å². The van der Waals surface area contributed by atoms with Gasteiger partial charge in [0.05, 0.1) is 11.7 Å². The molecule has 1 aromatic carbocycles. The summed E-state index contributed by atoms with van der Waals surface area (Å²) in [6.45, 7) is 2.05.